The predicted octanol–water partition coefficient (Wildman–Crippen LogP) is 14.4. The minimum atomic E-state index is -0.777. The fraction of sp³-hybridized carbons (Fsp3) is 0.959. The summed E-state index contributed by atoms with van der Waals surface area (Å²) in [7, 11) is 0. The van der Waals surface area contributed by atoms with Crippen molar-refractivity contribution in [3.8, 4) is 0 Å². The molecule has 0 radical (unpaired) electrons. The van der Waals surface area contributed by atoms with Crippen molar-refractivity contribution in [3.05, 3.63) is 0 Å². The highest BCUT2D eigenvalue weighted by Gasteiger charge is 2.24. The molecule has 0 spiro atoms. The monoisotopic (exact) mass is 780 g/mol. The highest BCUT2D eigenvalue weighted by molar-refractivity contribution is 5.77. The summed E-state index contributed by atoms with van der Waals surface area (Å²) in [5.41, 5.74) is 0. The van der Waals surface area contributed by atoms with E-state index in [9.17, 15) is 19.8 Å². The molecule has 0 saturated heterocycles. The summed E-state index contributed by atoms with van der Waals surface area (Å²) in [4.78, 5) is 26.0. The zero-order chi connectivity index (χ0) is 40.3. The third-order valence-electron chi connectivity index (χ3n) is 11.7. The highest BCUT2D eigenvalue weighted by Crippen LogP contribution is 2.18. The Hall–Kier alpha value is -1.14. The number of unbranched alkanes of at least 4 members (excludes halogenated alkanes) is 33. The number of amides is 1. The second-order valence-electron chi connectivity index (χ2n) is 17.2. The standard InChI is InChI=1S/C49H97NO5/c1-4-7-10-13-16-19-22-23-24-25-26-27-28-31-34-37-40-45(55-49(54)42-39-36-33-30-21-18-15-12-9-6-3)43-48(53)50-46(44-51)47(52)41-38-35-32-29-20-17-14-11-8-5-2/h45-47,51-52H,4-44H2,1-3H3,(H,50,53). The molecule has 0 aliphatic heterocycles. The number of aliphatic hydroxyl groups is 2. The van der Waals surface area contributed by atoms with E-state index in [1.807, 2.05) is 0 Å². The van der Waals surface area contributed by atoms with E-state index in [-0.39, 0.29) is 24.9 Å². The van der Waals surface area contributed by atoms with Gasteiger partial charge in [0, 0.05) is 6.42 Å². The summed E-state index contributed by atoms with van der Waals surface area (Å²) >= 11 is 0. The third kappa shape index (κ3) is 39.5. The van der Waals surface area contributed by atoms with Crippen molar-refractivity contribution in [1.29, 1.82) is 0 Å². The van der Waals surface area contributed by atoms with Gasteiger partial charge in [0.1, 0.15) is 6.10 Å². The van der Waals surface area contributed by atoms with E-state index in [4.69, 9.17) is 4.74 Å². The molecule has 328 valence electrons. The van der Waals surface area contributed by atoms with Crippen LogP contribution >= 0.6 is 0 Å². The maximum absolute atomic E-state index is 13.1. The molecule has 0 rings (SSSR count). The van der Waals surface area contributed by atoms with Crippen molar-refractivity contribution in [1.82, 2.24) is 5.32 Å². The van der Waals surface area contributed by atoms with Crippen LogP contribution in [0.5, 0.6) is 0 Å². The number of nitrogens with one attached hydrogen (secondary N) is 1. The topological polar surface area (TPSA) is 95.9 Å². The molecule has 0 fully saturated rings. The molecule has 0 saturated carbocycles. The molecule has 6 heteroatoms. The van der Waals surface area contributed by atoms with Crippen LogP contribution in [0.4, 0.5) is 0 Å². The number of ether oxygens (including phenoxy) is 1. The molecule has 0 bridgehead atoms. The van der Waals surface area contributed by atoms with E-state index < -0.39 is 18.2 Å². The average Bonchev–Trinajstić information content (AvgIpc) is 3.18. The first-order valence-corrected chi connectivity index (χ1v) is 24.8. The van der Waals surface area contributed by atoms with Crippen molar-refractivity contribution in [3.63, 3.8) is 0 Å². The minimum Gasteiger partial charge on any atom is -0.462 e. The van der Waals surface area contributed by atoms with Gasteiger partial charge in [-0.25, -0.2) is 0 Å². The number of hydrogen-bond acceptors (Lipinski definition) is 5. The van der Waals surface area contributed by atoms with E-state index in [2.05, 4.69) is 26.1 Å². The molecule has 1 amide bonds. The average molecular weight is 780 g/mol. The summed E-state index contributed by atoms with van der Waals surface area (Å²) in [5.74, 6) is -0.456. The number of carbonyl (C=O) groups excluding carboxylic acids is 2. The number of hydrogen-bond donors (Lipinski definition) is 3. The first-order chi connectivity index (χ1) is 27.0. The molecule has 0 aromatic carbocycles. The van der Waals surface area contributed by atoms with Gasteiger partial charge in [0.15, 0.2) is 0 Å². The van der Waals surface area contributed by atoms with Crippen molar-refractivity contribution in [2.75, 3.05) is 6.61 Å². The number of esters is 1. The Balaban J connectivity index is 4.51. The Kier molecular flexibility index (Phi) is 43.1. The lowest BCUT2D eigenvalue weighted by atomic mass is 10.0. The Morgan fingerprint density at radius 3 is 1.11 bits per heavy atom. The van der Waals surface area contributed by atoms with Crippen LogP contribution in [0, 0.1) is 0 Å². The highest BCUT2D eigenvalue weighted by atomic mass is 16.5. The zero-order valence-corrected chi connectivity index (χ0v) is 37.3. The van der Waals surface area contributed by atoms with Crippen LogP contribution in [-0.2, 0) is 14.3 Å². The quantitative estimate of drug-likeness (QED) is 0.0422. The Morgan fingerprint density at radius 2 is 0.764 bits per heavy atom. The lowest BCUT2D eigenvalue weighted by Crippen LogP contribution is -2.46. The molecule has 55 heavy (non-hydrogen) atoms. The maximum Gasteiger partial charge on any atom is 0.306 e. The molecular weight excluding hydrogens is 683 g/mol. The fourth-order valence-electron chi connectivity index (χ4n) is 7.90. The van der Waals surface area contributed by atoms with Gasteiger partial charge in [-0.05, 0) is 25.7 Å². The SMILES string of the molecule is CCCCCCCCCCCCCCCCCCC(CC(=O)NC(CO)C(O)CCCCCCCCCCCC)OC(=O)CCCCCCCCCCCC. The number of aliphatic hydroxyl groups excluding tert-OH is 2. The normalized spacial score (nSPS) is 13.2. The van der Waals surface area contributed by atoms with Crippen LogP contribution in [0.15, 0.2) is 0 Å². The van der Waals surface area contributed by atoms with Crippen LogP contribution in [0.25, 0.3) is 0 Å². The van der Waals surface area contributed by atoms with Gasteiger partial charge >= 0.3 is 5.97 Å². The van der Waals surface area contributed by atoms with Crippen molar-refractivity contribution in [2.24, 2.45) is 0 Å². The molecule has 6 nitrogen and oxygen atoms in total. The van der Waals surface area contributed by atoms with Crippen molar-refractivity contribution < 1.29 is 24.5 Å². The molecule has 0 aromatic heterocycles. The summed E-state index contributed by atoms with van der Waals surface area (Å²) in [6, 6.07) is -0.690. The first kappa shape index (κ1) is 53.9. The van der Waals surface area contributed by atoms with Gasteiger partial charge in [-0.2, -0.15) is 0 Å². The predicted molar refractivity (Wildman–Crippen MR) is 237 cm³/mol. The Labute approximate surface area is 343 Å². The van der Waals surface area contributed by atoms with Gasteiger partial charge in [-0.3, -0.25) is 9.59 Å². The lowest BCUT2D eigenvalue weighted by molar-refractivity contribution is -0.151. The molecule has 0 aromatic rings. The fourth-order valence-corrected chi connectivity index (χ4v) is 7.90. The van der Waals surface area contributed by atoms with Crippen LogP contribution in [0.2, 0.25) is 0 Å². The van der Waals surface area contributed by atoms with Crippen LogP contribution in [0.3, 0.4) is 0 Å². The second kappa shape index (κ2) is 44.0. The van der Waals surface area contributed by atoms with E-state index in [1.54, 1.807) is 0 Å². The van der Waals surface area contributed by atoms with Crippen molar-refractivity contribution >= 4 is 11.9 Å². The van der Waals surface area contributed by atoms with E-state index in [0.29, 0.717) is 19.3 Å². The molecule has 3 atom stereocenters. The summed E-state index contributed by atoms with van der Waals surface area (Å²) in [5, 5.41) is 23.7. The zero-order valence-electron chi connectivity index (χ0n) is 37.3. The summed E-state index contributed by atoms with van der Waals surface area (Å²) < 4.78 is 5.92. The van der Waals surface area contributed by atoms with Gasteiger partial charge in [0.2, 0.25) is 5.91 Å². The second-order valence-corrected chi connectivity index (χ2v) is 17.2. The molecule has 0 aliphatic rings. The van der Waals surface area contributed by atoms with Crippen LogP contribution in [-0.4, -0.2) is 46.9 Å². The van der Waals surface area contributed by atoms with Gasteiger partial charge in [-0.15, -0.1) is 0 Å². The van der Waals surface area contributed by atoms with E-state index >= 15 is 0 Å². The molecule has 3 unspecified atom stereocenters. The molecule has 0 heterocycles. The van der Waals surface area contributed by atoms with E-state index in [1.165, 1.54) is 186 Å². The largest absolute Gasteiger partial charge is 0.462 e. The van der Waals surface area contributed by atoms with Gasteiger partial charge in [0.05, 0.1) is 25.2 Å². The number of rotatable bonds is 45. The third-order valence-corrected chi connectivity index (χ3v) is 11.7. The van der Waals surface area contributed by atoms with Gasteiger partial charge < -0.3 is 20.3 Å². The first-order valence-electron chi connectivity index (χ1n) is 24.8. The van der Waals surface area contributed by atoms with E-state index in [0.717, 1.165) is 44.9 Å². The summed E-state index contributed by atoms with van der Waals surface area (Å²) in [6.45, 7) is 6.48. The lowest BCUT2D eigenvalue weighted by Gasteiger charge is -2.24. The van der Waals surface area contributed by atoms with Crippen LogP contribution in [0.1, 0.15) is 278 Å². The minimum absolute atomic E-state index is 0.0873. The van der Waals surface area contributed by atoms with Gasteiger partial charge in [0.25, 0.3) is 0 Å². The van der Waals surface area contributed by atoms with Gasteiger partial charge in [-0.1, -0.05) is 239 Å². The van der Waals surface area contributed by atoms with Crippen LogP contribution < -0.4 is 5.32 Å². The summed E-state index contributed by atoms with van der Waals surface area (Å²) in [6.07, 6.45) is 45.9. The number of carbonyl (C=O) groups is 2. The Bertz CT molecular complexity index is 791. The molecule has 0 aliphatic carbocycles. The Morgan fingerprint density at radius 1 is 0.455 bits per heavy atom. The molecule has 3 N–H and O–H groups in total. The maximum atomic E-state index is 13.1. The smallest absolute Gasteiger partial charge is 0.306 e. The van der Waals surface area contributed by atoms with Crippen molar-refractivity contribution in [2.45, 2.75) is 296 Å². The molecular formula is C49H97NO5.